The Hall–Kier alpha value is -2.75. The number of hydrogen-bond acceptors (Lipinski definition) is 6. The number of pyridine rings is 1. The Kier molecular flexibility index (Phi) is 9.34. The van der Waals surface area contributed by atoms with E-state index in [0.717, 1.165) is 60.2 Å². The summed E-state index contributed by atoms with van der Waals surface area (Å²) in [6.07, 6.45) is 4.18. The highest BCUT2D eigenvalue weighted by Crippen LogP contribution is 2.34. The fraction of sp³-hybridized carbons (Fsp3) is 0.429. The number of piperidine rings is 1. The van der Waals surface area contributed by atoms with E-state index in [1.165, 1.54) is 17.8 Å². The van der Waals surface area contributed by atoms with Crippen molar-refractivity contribution in [1.82, 2.24) is 15.2 Å². The molecule has 1 aromatic heterocycles. The zero-order chi connectivity index (χ0) is 26.4. The minimum Gasteiger partial charge on any atom is -0.497 e. The number of nitrogens with zero attached hydrogens (tertiary/aromatic N) is 2. The average Bonchev–Trinajstić information content (AvgIpc) is 2.91. The Labute approximate surface area is 220 Å². The van der Waals surface area contributed by atoms with Gasteiger partial charge in [-0.3, -0.25) is 9.78 Å². The fourth-order valence-electron chi connectivity index (χ4n) is 5.18. The van der Waals surface area contributed by atoms with Crippen molar-refractivity contribution in [2.45, 2.75) is 30.2 Å². The van der Waals surface area contributed by atoms with Crippen LogP contribution in [0, 0.1) is 23.5 Å². The number of thioether (sulfide) groups is 1. The summed E-state index contributed by atoms with van der Waals surface area (Å²) in [6.45, 7) is 1.88. The Morgan fingerprint density at radius 1 is 1.27 bits per heavy atom. The lowest BCUT2D eigenvalue weighted by Crippen LogP contribution is -2.44. The molecule has 0 spiro atoms. The highest BCUT2D eigenvalue weighted by atomic mass is 32.2. The molecule has 0 amide bonds. The van der Waals surface area contributed by atoms with Gasteiger partial charge in [0.1, 0.15) is 17.4 Å². The lowest BCUT2D eigenvalue weighted by Gasteiger charge is -2.37. The Bertz CT molecular complexity index is 1230. The second-order valence-electron chi connectivity index (χ2n) is 9.42. The zero-order valence-corrected chi connectivity index (χ0v) is 21.9. The van der Waals surface area contributed by atoms with Gasteiger partial charge in [0.05, 0.1) is 18.5 Å². The van der Waals surface area contributed by atoms with E-state index in [2.05, 4.69) is 15.2 Å². The van der Waals surface area contributed by atoms with Crippen LogP contribution >= 0.6 is 11.8 Å². The van der Waals surface area contributed by atoms with Gasteiger partial charge in [0.15, 0.2) is 0 Å². The average molecular weight is 530 g/mol. The number of aliphatic carboxylic acids is 1. The molecular weight excluding hydrogens is 496 g/mol. The van der Waals surface area contributed by atoms with Crippen molar-refractivity contribution in [3.63, 3.8) is 0 Å². The van der Waals surface area contributed by atoms with Crippen molar-refractivity contribution in [1.29, 1.82) is 0 Å². The number of ether oxygens (including phenoxy) is 1. The molecule has 9 heteroatoms. The Balaban J connectivity index is 1.36. The van der Waals surface area contributed by atoms with Gasteiger partial charge in [-0.25, -0.2) is 8.78 Å². The number of aromatic nitrogens is 1. The Morgan fingerprint density at radius 3 is 2.86 bits per heavy atom. The predicted molar refractivity (Wildman–Crippen MR) is 142 cm³/mol. The molecule has 2 heterocycles. The predicted octanol–water partition coefficient (Wildman–Crippen LogP) is 5.38. The van der Waals surface area contributed by atoms with Crippen LogP contribution < -0.4 is 10.1 Å². The maximum atomic E-state index is 13.9. The summed E-state index contributed by atoms with van der Waals surface area (Å²) in [7, 11) is 3.57. The van der Waals surface area contributed by atoms with Crippen LogP contribution in [0.2, 0.25) is 0 Å². The van der Waals surface area contributed by atoms with Gasteiger partial charge in [-0.15, -0.1) is 11.8 Å². The molecule has 0 bridgehead atoms. The molecule has 1 aliphatic heterocycles. The molecule has 4 rings (SSSR count). The Morgan fingerprint density at radius 2 is 2.11 bits per heavy atom. The van der Waals surface area contributed by atoms with Gasteiger partial charge in [-0.05, 0) is 86.8 Å². The number of methoxy groups -OCH3 is 1. The largest absolute Gasteiger partial charge is 0.497 e. The summed E-state index contributed by atoms with van der Waals surface area (Å²) in [4.78, 5) is 19.0. The number of benzene rings is 2. The summed E-state index contributed by atoms with van der Waals surface area (Å²) < 4.78 is 32.7. The van der Waals surface area contributed by atoms with Crippen molar-refractivity contribution in [3.8, 4) is 5.75 Å². The molecule has 198 valence electrons. The van der Waals surface area contributed by atoms with Crippen molar-refractivity contribution in [2.75, 3.05) is 39.5 Å². The van der Waals surface area contributed by atoms with E-state index < -0.39 is 23.5 Å². The van der Waals surface area contributed by atoms with E-state index in [-0.39, 0.29) is 16.9 Å². The van der Waals surface area contributed by atoms with Gasteiger partial charge in [-0.2, -0.15) is 0 Å². The van der Waals surface area contributed by atoms with Gasteiger partial charge in [0, 0.05) is 41.4 Å². The van der Waals surface area contributed by atoms with E-state index in [4.69, 9.17) is 4.74 Å². The summed E-state index contributed by atoms with van der Waals surface area (Å²) in [5.74, 6) is -0.732. The topological polar surface area (TPSA) is 74.7 Å². The quantitative estimate of drug-likeness (QED) is 0.323. The third-order valence-electron chi connectivity index (χ3n) is 7.25. The number of likely N-dealkylation sites (tertiary alicyclic amines) is 1. The van der Waals surface area contributed by atoms with Gasteiger partial charge >= 0.3 is 5.97 Å². The molecule has 1 saturated heterocycles. The van der Waals surface area contributed by atoms with Gasteiger partial charge < -0.3 is 20.1 Å². The van der Waals surface area contributed by atoms with Crippen LogP contribution in [-0.2, 0) is 4.79 Å². The van der Waals surface area contributed by atoms with Crippen LogP contribution in [0.15, 0.2) is 53.6 Å². The molecule has 3 atom stereocenters. The summed E-state index contributed by atoms with van der Waals surface area (Å²) in [5, 5.41) is 14.4. The number of fused-ring (bicyclic) bond motifs is 1. The number of hydrogen-bond donors (Lipinski definition) is 2. The van der Waals surface area contributed by atoms with Crippen LogP contribution in [0.4, 0.5) is 8.78 Å². The van der Waals surface area contributed by atoms with Crippen LogP contribution in [0.25, 0.3) is 10.9 Å². The molecule has 0 aliphatic carbocycles. The molecule has 0 radical (unpaired) electrons. The maximum Gasteiger partial charge on any atom is 0.308 e. The van der Waals surface area contributed by atoms with Gasteiger partial charge in [-0.1, -0.05) is 0 Å². The molecule has 6 nitrogen and oxygen atoms in total. The molecule has 37 heavy (non-hydrogen) atoms. The number of carboxylic acid groups (broad SMARTS) is 1. The first kappa shape index (κ1) is 27.3. The molecule has 1 aliphatic rings. The number of carbonyl (C=O) groups is 1. The maximum absolute atomic E-state index is 13.9. The molecular formula is C28H33F2N3O3S. The summed E-state index contributed by atoms with van der Waals surface area (Å²) in [6, 6.07) is 11.3. The monoisotopic (exact) mass is 529 g/mol. The number of carboxylic acids is 1. The lowest BCUT2D eigenvalue weighted by atomic mass is 9.81. The second-order valence-corrected chi connectivity index (χ2v) is 10.6. The number of nitrogens with one attached hydrogen (secondary N) is 1. The van der Waals surface area contributed by atoms with E-state index in [9.17, 15) is 18.7 Å². The molecule has 1 fully saturated rings. The highest BCUT2D eigenvalue weighted by molar-refractivity contribution is 7.99. The normalized spacial score (nSPS) is 19.1. The minimum atomic E-state index is -0.779. The molecule has 0 unspecified atom stereocenters. The third-order valence-corrected chi connectivity index (χ3v) is 8.26. The van der Waals surface area contributed by atoms with E-state index >= 15 is 0 Å². The zero-order valence-electron chi connectivity index (χ0n) is 21.1. The number of rotatable bonds is 11. The lowest BCUT2D eigenvalue weighted by molar-refractivity contribution is -0.146. The fourth-order valence-corrected chi connectivity index (χ4v) is 6.15. The summed E-state index contributed by atoms with van der Waals surface area (Å²) in [5.41, 5.74) is 2.02. The molecule has 3 aromatic rings. The minimum absolute atomic E-state index is 0.0580. The SMILES string of the molecule is CN[C@@H](CC[C@@H]1CCN(CCSc2cc(F)ccc2F)C[C@@H]1C(=O)O)c1ccnc2ccc(OC)cc12. The first-order valence-corrected chi connectivity index (χ1v) is 13.5. The molecule has 0 saturated carbocycles. The van der Waals surface area contributed by atoms with Crippen molar-refractivity contribution in [2.24, 2.45) is 11.8 Å². The van der Waals surface area contributed by atoms with E-state index in [0.29, 0.717) is 18.8 Å². The first-order chi connectivity index (χ1) is 17.9. The summed E-state index contributed by atoms with van der Waals surface area (Å²) >= 11 is 1.26. The number of halogens is 2. The van der Waals surface area contributed by atoms with E-state index in [1.807, 2.05) is 31.3 Å². The molecule has 2 aromatic carbocycles. The van der Waals surface area contributed by atoms with Crippen LogP contribution in [0.5, 0.6) is 5.75 Å². The van der Waals surface area contributed by atoms with Crippen molar-refractivity contribution < 1.29 is 23.4 Å². The van der Waals surface area contributed by atoms with Crippen molar-refractivity contribution >= 4 is 28.6 Å². The standard InChI is InChI=1S/C28H33F2N3O3S/c1-31-25(21-9-11-32-26-8-5-20(36-2)16-22(21)26)7-3-18-10-12-33(17-23(18)28(34)35)13-14-37-27-15-19(29)4-6-24(27)30/h4-6,8-9,11,15-16,18,23,25,31H,3,7,10,12-14,17H2,1-2H3,(H,34,35)/t18-,23+,25+/m1/s1. The van der Waals surface area contributed by atoms with Gasteiger partial charge in [0.2, 0.25) is 0 Å². The van der Waals surface area contributed by atoms with Crippen LogP contribution in [-0.4, -0.2) is 60.5 Å². The first-order valence-electron chi connectivity index (χ1n) is 12.5. The van der Waals surface area contributed by atoms with Crippen LogP contribution in [0.1, 0.15) is 30.9 Å². The third kappa shape index (κ3) is 6.77. The smallest absolute Gasteiger partial charge is 0.308 e. The highest BCUT2D eigenvalue weighted by Gasteiger charge is 2.34. The molecule has 2 N–H and O–H groups in total. The van der Waals surface area contributed by atoms with Gasteiger partial charge in [0.25, 0.3) is 0 Å². The van der Waals surface area contributed by atoms with E-state index in [1.54, 1.807) is 13.3 Å². The second kappa shape index (κ2) is 12.7. The van der Waals surface area contributed by atoms with Crippen molar-refractivity contribution in [3.05, 3.63) is 65.9 Å². The van der Waals surface area contributed by atoms with Crippen LogP contribution in [0.3, 0.4) is 0 Å².